The lowest BCUT2D eigenvalue weighted by molar-refractivity contribution is -0.142. The van der Waals surface area contributed by atoms with E-state index in [1.54, 1.807) is 16.7 Å². The van der Waals surface area contributed by atoms with E-state index < -0.39 is 4.87 Å². The zero-order chi connectivity index (χ0) is 19.2. The number of para-hydroxylation sites is 1. The number of aryl methyl sites for hydroxylation is 1. The number of hydrogen-bond donors (Lipinski definition) is 0. The molecule has 4 rings (SSSR count). The van der Waals surface area contributed by atoms with Gasteiger partial charge in [-0.05, 0) is 18.6 Å². The van der Waals surface area contributed by atoms with Gasteiger partial charge in [0.15, 0.2) is 4.87 Å². The summed E-state index contributed by atoms with van der Waals surface area (Å²) in [6.07, 6.45) is 0. The van der Waals surface area contributed by atoms with Crippen LogP contribution in [0.25, 0.3) is 0 Å². The van der Waals surface area contributed by atoms with Crippen LogP contribution in [0.2, 0.25) is 0 Å². The molecule has 2 aromatic carbocycles. The molecule has 1 fully saturated rings. The fraction of sp³-hybridized carbons (Fsp3) is 0.364. The summed E-state index contributed by atoms with van der Waals surface area (Å²) in [6, 6.07) is 16.2. The van der Waals surface area contributed by atoms with Crippen LogP contribution >= 0.6 is 11.8 Å². The van der Waals surface area contributed by atoms with Crippen LogP contribution in [0.5, 0.6) is 0 Å². The molecule has 27 heavy (non-hydrogen) atoms. The molecule has 4 nitrogen and oxygen atoms in total. The van der Waals surface area contributed by atoms with Crippen LogP contribution in [0.1, 0.15) is 30.5 Å². The van der Waals surface area contributed by atoms with Crippen molar-refractivity contribution in [3.8, 4) is 0 Å². The summed E-state index contributed by atoms with van der Waals surface area (Å²) in [6.45, 7) is 6.98. The maximum absolute atomic E-state index is 13.7. The topological polar surface area (TPSA) is 40.6 Å². The number of fused-ring (bicyclic) bond motifs is 2. The van der Waals surface area contributed by atoms with E-state index in [9.17, 15) is 9.59 Å². The first-order valence-electron chi connectivity index (χ1n) is 9.37. The van der Waals surface area contributed by atoms with Crippen LogP contribution in [-0.4, -0.2) is 29.0 Å². The summed E-state index contributed by atoms with van der Waals surface area (Å²) in [5, 5.41) is 0. The van der Waals surface area contributed by atoms with Crippen LogP contribution in [0.4, 0.5) is 5.69 Å². The van der Waals surface area contributed by atoms with Crippen molar-refractivity contribution in [2.45, 2.75) is 32.2 Å². The molecule has 2 aliphatic heterocycles. The number of carbonyl (C=O) groups is 2. The molecule has 0 N–H and O–H groups in total. The normalized spacial score (nSPS) is 21.4. The summed E-state index contributed by atoms with van der Waals surface area (Å²) in [5.41, 5.74) is 4.15. The highest BCUT2D eigenvalue weighted by molar-refractivity contribution is 8.01. The lowest BCUT2D eigenvalue weighted by Crippen LogP contribution is -2.51. The standard InChI is InChI=1S/C22H24N2O2S/c1-15(2)20(25)24-12-13-27-22(24)18-6-4-5-7-19(18)23(21(22)26)14-17-10-8-16(3)9-11-17/h4-11,15H,12-14H2,1-3H3. The largest absolute Gasteiger partial charge is 0.315 e. The molecule has 1 spiro atoms. The number of anilines is 1. The van der Waals surface area contributed by atoms with Gasteiger partial charge in [0.2, 0.25) is 5.91 Å². The first-order valence-corrected chi connectivity index (χ1v) is 10.4. The smallest absolute Gasteiger partial charge is 0.268 e. The minimum absolute atomic E-state index is 0.000718. The lowest BCUT2D eigenvalue weighted by atomic mass is 10.0. The van der Waals surface area contributed by atoms with E-state index >= 15 is 0 Å². The first kappa shape index (κ1) is 18.1. The van der Waals surface area contributed by atoms with Crippen molar-refractivity contribution in [3.05, 3.63) is 65.2 Å². The molecule has 1 unspecified atom stereocenters. The molecule has 1 saturated heterocycles. The second-order valence-corrected chi connectivity index (χ2v) is 8.82. The van der Waals surface area contributed by atoms with Gasteiger partial charge in [-0.15, -0.1) is 11.8 Å². The van der Waals surface area contributed by atoms with Crippen molar-refractivity contribution in [2.75, 3.05) is 17.2 Å². The number of thioether (sulfide) groups is 1. The summed E-state index contributed by atoms with van der Waals surface area (Å²) >= 11 is 1.59. The molecule has 0 aromatic heterocycles. The second kappa shape index (κ2) is 6.71. The van der Waals surface area contributed by atoms with E-state index in [-0.39, 0.29) is 17.7 Å². The maximum atomic E-state index is 13.7. The Morgan fingerprint density at radius 1 is 1.15 bits per heavy atom. The molecule has 0 radical (unpaired) electrons. The third-order valence-corrected chi connectivity index (χ3v) is 6.74. The minimum atomic E-state index is -0.914. The van der Waals surface area contributed by atoms with Crippen LogP contribution in [0.3, 0.4) is 0 Å². The Kier molecular flexibility index (Phi) is 4.50. The lowest BCUT2D eigenvalue weighted by Gasteiger charge is -2.34. The Morgan fingerprint density at radius 2 is 1.85 bits per heavy atom. The number of benzene rings is 2. The van der Waals surface area contributed by atoms with Gasteiger partial charge in [0.25, 0.3) is 5.91 Å². The molecule has 140 valence electrons. The number of carbonyl (C=O) groups excluding carboxylic acids is 2. The van der Waals surface area contributed by atoms with E-state index in [0.29, 0.717) is 13.1 Å². The van der Waals surface area contributed by atoms with Crippen molar-refractivity contribution >= 4 is 29.3 Å². The van der Waals surface area contributed by atoms with Crippen molar-refractivity contribution in [2.24, 2.45) is 5.92 Å². The molecule has 0 bridgehead atoms. The Balaban J connectivity index is 1.78. The number of rotatable bonds is 3. The van der Waals surface area contributed by atoms with E-state index in [1.807, 2.05) is 43.0 Å². The molecular formula is C22H24N2O2S. The average Bonchev–Trinajstić information content (AvgIpc) is 3.20. The summed E-state index contributed by atoms with van der Waals surface area (Å²) < 4.78 is 0. The Morgan fingerprint density at radius 3 is 2.56 bits per heavy atom. The molecule has 2 heterocycles. The van der Waals surface area contributed by atoms with Crippen LogP contribution in [-0.2, 0) is 21.0 Å². The molecule has 2 aromatic rings. The van der Waals surface area contributed by atoms with E-state index in [0.717, 1.165) is 22.6 Å². The summed E-state index contributed by atoms with van der Waals surface area (Å²) in [4.78, 5) is 29.3. The van der Waals surface area contributed by atoms with Crippen molar-refractivity contribution < 1.29 is 9.59 Å². The number of hydrogen-bond acceptors (Lipinski definition) is 3. The predicted octanol–water partition coefficient (Wildman–Crippen LogP) is 3.93. The predicted molar refractivity (Wildman–Crippen MR) is 109 cm³/mol. The molecule has 5 heteroatoms. The van der Waals surface area contributed by atoms with Gasteiger partial charge < -0.3 is 9.80 Å². The molecule has 2 amide bonds. The molecule has 0 aliphatic carbocycles. The molecule has 2 aliphatic rings. The van der Waals surface area contributed by atoms with Gasteiger partial charge in [0, 0.05) is 23.8 Å². The summed E-state index contributed by atoms with van der Waals surface area (Å²) in [5.74, 6) is 0.685. The number of nitrogens with zero attached hydrogens (tertiary/aromatic N) is 2. The van der Waals surface area contributed by atoms with Crippen LogP contribution in [0, 0.1) is 12.8 Å². The Bertz CT molecular complexity index is 893. The molecular weight excluding hydrogens is 356 g/mol. The van der Waals surface area contributed by atoms with E-state index in [4.69, 9.17) is 0 Å². The third-order valence-electron chi connectivity index (χ3n) is 5.32. The van der Waals surface area contributed by atoms with Gasteiger partial charge >= 0.3 is 0 Å². The van der Waals surface area contributed by atoms with Crippen molar-refractivity contribution in [1.29, 1.82) is 0 Å². The zero-order valence-corrected chi connectivity index (χ0v) is 16.8. The summed E-state index contributed by atoms with van der Waals surface area (Å²) in [7, 11) is 0. The molecule has 0 saturated carbocycles. The van der Waals surface area contributed by atoms with Gasteiger partial charge in [-0.3, -0.25) is 9.59 Å². The highest BCUT2D eigenvalue weighted by atomic mass is 32.2. The second-order valence-electron chi connectivity index (χ2n) is 7.53. The van der Waals surface area contributed by atoms with Gasteiger partial charge in [-0.1, -0.05) is 61.9 Å². The fourth-order valence-electron chi connectivity index (χ4n) is 3.93. The van der Waals surface area contributed by atoms with Crippen LogP contribution < -0.4 is 4.90 Å². The quantitative estimate of drug-likeness (QED) is 0.810. The highest BCUT2D eigenvalue weighted by Gasteiger charge is 2.59. The maximum Gasteiger partial charge on any atom is 0.268 e. The molecule has 1 atom stereocenters. The van der Waals surface area contributed by atoms with Gasteiger partial charge in [-0.25, -0.2) is 0 Å². The monoisotopic (exact) mass is 380 g/mol. The van der Waals surface area contributed by atoms with Gasteiger partial charge in [-0.2, -0.15) is 0 Å². The van der Waals surface area contributed by atoms with Crippen molar-refractivity contribution in [3.63, 3.8) is 0 Å². The minimum Gasteiger partial charge on any atom is -0.315 e. The Labute approximate surface area is 164 Å². The zero-order valence-electron chi connectivity index (χ0n) is 15.9. The van der Waals surface area contributed by atoms with Gasteiger partial charge in [0.1, 0.15) is 0 Å². The highest BCUT2D eigenvalue weighted by Crippen LogP contribution is 2.54. The number of amides is 2. The van der Waals surface area contributed by atoms with Crippen LogP contribution in [0.15, 0.2) is 48.5 Å². The first-order chi connectivity index (χ1) is 12.9. The van der Waals surface area contributed by atoms with E-state index in [2.05, 4.69) is 31.2 Å². The van der Waals surface area contributed by atoms with Gasteiger partial charge in [0.05, 0.1) is 12.2 Å². The third kappa shape index (κ3) is 2.76. The van der Waals surface area contributed by atoms with Crippen molar-refractivity contribution in [1.82, 2.24) is 4.90 Å². The Hall–Kier alpha value is -2.27. The average molecular weight is 381 g/mol. The van der Waals surface area contributed by atoms with E-state index in [1.165, 1.54) is 5.56 Å². The SMILES string of the molecule is Cc1ccc(CN2C(=O)C3(SCCN3C(=O)C(C)C)c3ccccc32)cc1. The fourth-order valence-corrected chi connectivity index (χ4v) is 5.40.